The van der Waals surface area contributed by atoms with Crippen LogP contribution in [-0.2, 0) is 14.8 Å². The number of ether oxygens (including phenoxy) is 2. The van der Waals surface area contributed by atoms with Crippen LogP contribution in [0, 0.1) is 6.92 Å². The Labute approximate surface area is 206 Å². The summed E-state index contributed by atoms with van der Waals surface area (Å²) in [6, 6.07) is 20.2. The zero-order valence-corrected chi connectivity index (χ0v) is 20.8. The lowest BCUT2D eigenvalue weighted by atomic mass is 10.2. The van der Waals surface area contributed by atoms with E-state index in [1.54, 1.807) is 60.7 Å². The molecule has 1 N–H and O–H groups in total. The minimum atomic E-state index is -4.01. The van der Waals surface area contributed by atoms with Crippen LogP contribution >= 0.6 is 0 Å². The van der Waals surface area contributed by atoms with E-state index in [1.165, 1.54) is 18.3 Å². The third-order valence-corrected chi connectivity index (χ3v) is 6.71. The number of aryl methyl sites for hydroxylation is 1. The van der Waals surface area contributed by atoms with Gasteiger partial charge in [0.2, 0.25) is 0 Å². The van der Waals surface area contributed by atoms with Crippen molar-refractivity contribution >= 4 is 27.8 Å². The summed E-state index contributed by atoms with van der Waals surface area (Å²) in [6.45, 7) is 6.24. The van der Waals surface area contributed by atoms with E-state index in [0.717, 1.165) is 21.2 Å². The molecule has 0 aromatic heterocycles. The number of nitrogens with zero attached hydrogens (tertiary/aromatic N) is 2. The predicted molar refractivity (Wildman–Crippen MR) is 137 cm³/mol. The highest BCUT2D eigenvalue weighted by Gasteiger charge is 2.27. The molecule has 3 aromatic carbocycles. The van der Waals surface area contributed by atoms with Gasteiger partial charge in [-0.15, -0.1) is 0 Å². The first-order valence-electron chi connectivity index (χ1n) is 11.2. The second kappa shape index (κ2) is 12.0. The van der Waals surface area contributed by atoms with Crippen LogP contribution in [0.2, 0.25) is 0 Å². The van der Waals surface area contributed by atoms with Gasteiger partial charge < -0.3 is 9.47 Å². The van der Waals surface area contributed by atoms with E-state index in [9.17, 15) is 13.2 Å². The summed E-state index contributed by atoms with van der Waals surface area (Å²) in [5.41, 5.74) is 4.42. The third kappa shape index (κ3) is 7.07. The van der Waals surface area contributed by atoms with Crippen molar-refractivity contribution < 1.29 is 22.7 Å². The highest BCUT2D eigenvalue weighted by molar-refractivity contribution is 7.92. The Bertz CT molecular complexity index is 1240. The topological polar surface area (TPSA) is 97.3 Å². The van der Waals surface area contributed by atoms with Gasteiger partial charge in [0.25, 0.3) is 15.9 Å². The summed E-state index contributed by atoms with van der Waals surface area (Å²) in [5, 5.41) is 3.96. The smallest absolute Gasteiger partial charge is 0.264 e. The second-order valence-corrected chi connectivity index (χ2v) is 9.41. The maximum atomic E-state index is 13.4. The van der Waals surface area contributed by atoms with Crippen LogP contribution in [0.4, 0.5) is 5.69 Å². The van der Waals surface area contributed by atoms with Gasteiger partial charge in [-0.2, -0.15) is 5.10 Å². The summed E-state index contributed by atoms with van der Waals surface area (Å²) in [5.74, 6) is 0.756. The van der Waals surface area contributed by atoms with Crippen molar-refractivity contribution in [1.29, 1.82) is 0 Å². The van der Waals surface area contributed by atoms with Crippen LogP contribution < -0.4 is 19.2 Å². The number of nitrogens with one attached hydrogen (secondary N) is 1. The van der Waals surface area contributed by atoms with Gasteiger partial charge >= 0.3 is 0 Å². The molecular weight excluding hydrogens is 466 g/mol. The summed E-state index contributed by atoms with van der Waals surface area (Å²) >= 11 is 0. The van der Waals surface area contributed by atoms with Gasteiger partial charge in [0.05, 0.1) is 30.0 Å². The lowest BCUT2D eigenvalue weighted by molar-refractivity contribution is -0.119. The molecule has 0 saturated heterocycles. The largest absolute Gasteiger partial charge is 0.494 e. The average molecular weight is 496 g/mol. The molecule has 0 aliphatic carbocycles. The van der Waals surface area contributed by atoms with Crippen molar-refractivity contribution in [2.24, 2.45) is 5.10 Å². The van der Waals surface area contributed by atoms with Crippen LogP contribution in [0.25, 0.3) is 0 Å². The molecule has 0 heterocycles. The standard InChI is InChI=1S/C26H29N3O5S/c1-4-33-23-12-8-21(9-13-23)18-27-28-26(30)19-29(22-10-14-24(15-11-22)34-5-2)35(31,32)25-16-6-20(3)7-17-25/h6-18H,4-5,19H2,1-3H3,(H,28,30)/b27-18+. The highest BCUT2D eigenvalue weighted by atomic mass is 32.2. The van der Waals surface area contributed by atoms with Crippen LogP contribution in [0.5, 0.6) is 11.5 Å². The number of hydrogen-bond donors (Lipinski definition) is 1. The van der Waals surface area contributed by atoms with Crippen molar-refractivity contribution in [2.75, 3.05) is 24.1 Å². The van der Waals surface area contributed by atoms with Crippen LogP contribution in [0.3, 0.4) is 0 Å². The Kier molecular flexibility index (Phi) is 8.86. The number of anilines is 1. The third-order valence-electron chi connectivity index (χ3n) is 4.93. The summed E-state index contributed by atoms with van der Waals surface area (Å²) < 4.78 is 38.8. The van der Waals surface area contributed by atoms with Crippen LogP contribution in [0.1, 0.15) is 25.0 Å². The number of rotatable bonds is 11. The van der Waals surface area contributed by atoms with E-state index < -0.39 is 22.5 Å². The number of hydrogen-bond acceptors (Lipinski definition) is 6. The van der Waals surface area contributed by atoms with Gasteiger partial charge in [0.1, 0.15) is 18.0 Å². The number of carbonyl (C=O) groups is 1. The van der Waals surface area contributed by atoms with E-state index >= 15 is 0 Å². The summed E-state index contributed by atoms with van der Waals surface area (Å²) in [4.78, 5) is 12.8. The zero-order chi connectivity index (χ0) is 25.3. The van der Waals surface area contributed by atoms with E-state index in [4.69, 9.17) is 9.47 Å². The van der Waals surface area contributed by atoms with Crippen molar-refractivity contribution in [3.63, 3.8) is 0 Å². The Morgan fingerprint density at radius 2 is 1.43 bits per heavy atom. The van der Waals surface area contributed by atoms with Crippen molar-refractivity contribution in [3.8, 4) is 11.5 Å². The fourth-order valence-corrected chi connectivity index (χ4v) is 4.61. The monoisotopic (exact) mass is 495 g/mol. The lowest BCUT2D eigenvalue weighted by Gasteiger charge is -2.24. The minimum absolute atomic E-state index is 0.0858. The Hall–Kier alpha value is -3.85. The van der Waals surface area contributed by atoms with Crippen molar-refractivity contribution in [1.82, 2.24) is 5.43 Å². The quantitative estimate of drug-likeness (QED) is 0.319. The maximum Gasteiger partial charge on any atom is 0.264 e. The molecule has 3 aromatic rings. The molecule has 0 saturated carbocycles. The molecule has 0 unspecified atom stereocenters. The molecule has 0 radical (unpaired) electrons. The first-order valence-corrected chi connectivity index (χ1v) is 12.6. The van der Waals surface area contributed by atoms with Gasteiger partial charge in [-0.3, -0.25) is 9.10 Å². The molecule has 184 valence electrons. The SMILES string of the molecule is CCOc1ccc(/C=N/NC(=O)CN(c2ccc(OCC)cc2)S(=O)(=O)c2ccc(C)cc2)cc1. The van der Waals surface area contributed by atoms with Gasteiger partial charge in [-0.05, 0) is 87.0 Å². The first kappa shape index (κ1) is 25.8. The number of sulfonamides is 1. The molecule has 8 nitrogen and oxygen atoms in total. The Balaban J connectivity index is 1.79. The normalized spacial score (nSPS) is 11.3. The minimum Gasteiger partial charge on any atom is -0.494 e. The number of benzene rings is 3. The van der Waals surface area contributed by atoms with Crippen molar-refractivity contribution in [2.45, 2.75) is 25.7 Å². The Morgan fingerprint density at radius 1 is 0.886 bits per heavy atom. The van der Waals surface area contributed by atoms with Gasteiger partial charge in [0.15, 0.2) is 0 Å². The van der Waals surface area contributed by atoms with Gasteiger partial charge in [-0.25, -0.2) is 13.8 Å². The van der Waals surface area contributed by atoms with Crippen LogP contribution in [0.15, 0.2) is 82.8 Å². The molecule has 0 fully saturated rings. The summed E-state index contributed by atoms with van der Waals surface area (Å²) in [7, 11) is -4.01. The number of carbonyl (C=O) groups excluding carboxylic acids is 1. The molecule has 0 aliphatic rings. The fourth-order valence-electron chi connectivity index (χ4n) is 3.19. The van der Waals surface area contributed by atoms with E-state index in [0.29, 0.717) is 24.7 Å². The second-order valence-electron chi connectivity index (χ2n) is 7.55. The molecule has 0 aliphatic heterocycles. The molecular formula is C26H29N3O5S. The van der Waals surface area contributed by atoms with Crippen molar-refractivity contribution in [3.05, 3.63) is 83.9 Å². The number of hydrazone groups is 1. The van der Waals surface area contributed by atoms with Gasteiger partial charge in [0, 0.05) is 0 Å². The summed E-state index contributed by atoms with van der Waals surface area (Å²) in [6.07, 6.45) is 1.48. The van der Waals surface area contributed by atoms with E-state index in [2.05, 4.69) is 10.5 Å². The van der Waals surface area contributed by atoms with Crippen LogP contribution in [-0.4, -0.2) is 40.3 Å². The molecule has 9 heteroatoms. The molecule has 35 heavy (non-hydrogen) atoms. The first-order chi connectivity index (χ1) is 16.8. The molecule has 0 atom stereocenters. The number of amides is 1. The highest BCUT2D eigenvalue weighted by Crippen LogP contribution is 2.26. The average Bonchev–Trinajstić information content (AvgIpc) is 2.85. The lowest BCUT2D eigenvalue weighted by Crippen LogP contribution is -2.39. The Morgan fingerprint density at radius 3 is 1.97 bits per heavy atom. The maximum absolute atomic E-state index is 13.4. The fraction of sp³-hybridized carbons (Fsp3) is 0.231. The van der Waals surface area contributed by atoms with Gasteiger partial charge in [-0.1, -0.05) is 17.7 Å². The zero-order valence-electron chi connectivity index (χ0n) is 20.0. The molecule has 0 spiro atoms. The molecule has 3 rings (SSSR count). The predicted octanol–water partition coefficient (Wildman–Crippen LogP) is 4.14. The molecule has 0 bridgehead atoms. The molecule has 1 amide bonds. The van der Waals surface area contributed by atoms with E-state index in [-0.39, 0.29) is 4.90 Å². The van der Waals surface area contributed by atoms with E-state index in [1.807, 2.05) is 20.8 Å².